The number of fused-ring (bicyclic) bond motifs is 1. The van der Waals surface area contributed by atoms with E-state index in [0.29, 0.717) is 6.54 Å². The average Bonchev–Trinajstić information content (AvgIpc) is 2.67. The number of rotatable bonds is 2. The van der Waals surface area contributed by atoms with Crippen molar-refractivity contribution in [3.63, 3.8) is 0 Å². The molecule has 1 aromatic carbocycles. The third-order valence-corrected chi connectivity index (χ3v) is 3.58. The van der Waals surface area contributed by atoms with Gasteiger partial charge in [-0.3, -0.25) is 4.98 Å². The minimum Gasteiger partial charge on any atom is -0.331 e. The Balaban J connectivity index is 2.15. The van der Waals surface area contributed by atoms with Gasteiger partial charge in [0.05, 0.1) is 23.3 Å². The molecular weight excluding hydrogens is 254 g/mol. The summed E-state index contributed by atoms with van der Waals surface area (Å²) in [5, 5.41) is 0. The number of hydrogen-bond acceptors (Lipinski definition) is 2. The number of hydrogen-bond donors (Lipinski definition) is 1. The van der Waals surface area contributed by atoms with Crippen LogP contribution in [0.25, 0.3) is 11.0 Å². The standard InChI is InChI=1S/C15H15N3S/c1-10-5-3-8-13-14(10)18(15(19)17-13)9-12-7-4-6-11(2)16-12/h3-8H,9H2,1-2H3,(H,17,19). The quantitative estimate of drug-likeness (QED) is 0.719. The van der Waals surface area contributed by atoms with E-state index in [9.17, 15) is 0 Å². The van der Waals surface area contributed by atoms with E-state index in [0.717, 1.165) is 27.2 Å². The highest BCUT2D eigenvalue weighted by Crippen LogP contribution is 2.19. The van der Waals surface area contributed by atoms with Crippen LogP contribution >= 0.6 is 12.2 Å². The normalized spacial score (nSPS) is 11.1. The third-order valence-electron chi connectivity index (χ3n) is 3.26. The van der Waals surface area contributed by atoms with Crippen molar-refractivity contribution >= 4 is 23.3 Å². The van der Waals surface area contributed by atoms with E-state index in [1.54, 1.807) is 0 Å². The second-order valence-electron chi connectivity index (χ2n) is 4.76. The Morgan fingerprint density at radius 3 is 2.74 bits per heavy atom. The Labute approximate surface area is 116 Å². The summed E-state index contributed by atoms with van der Waals surface area (Å²) in [5.41, 5.74) is 5.52. The van der Waals surface area contributed by atoms with Gasteiger partial charge >= 0.3 is 0 Å². The molecule has 96 valence electrons. The number of aromatic amines is 1. The predicted molar refractivity (Wildman–Crippen MR) is 79.9 cm³/mol. The average molecular weight is 269 g/mol. The smallest absolute Gasteiger partial charge is 0.178 e. The number of benzene rings is 1. The van der Waals surface area contributed by atoms with Crippen molar-refractivity contribution in [2.45, 2.75) is 20.4 Å². The van der Waals surface area contributed by atoms with Gasteiger partial charge < -0.3 is 9.55 Å². The molecule has 0 radical (unpaired) electrons. The van der Waals surface area contributed by atoms with E-state index < -0.39 is 0 Å². The molecule has 4 heteroatoms. The maximum Gasteiger partial charge on any atom is 0.178 e. The molecule has 3 rings (SSSR count). The predicted octanol–water partition coefficient (Wildman–Crippen LogP) is 3.76. The molecule has 0 atom stereocenters. The van der Waals surface area contributed by atoms with E-state index in [4.69, 9.17) is 12.2 Å². The number of nitrogens with one attached hydrogen (secondary N) is 1. The Morgan fingerprint density at radius 2 is 1.95 bits per heavy atom. The molecule has 3 aromatic rings. The molecule has 0 aliphatic rings. The number of imidazole rings is 1. The highest BCUT2D eigenvalue weighted by Gasteiger charge is 2.07. The van der Waals surface area contributed by atoms with Gasteiger partial charge in [0.2, 0.25) is 0 Å². The van der Waals surface area contributed by atoms with Gasteiger partial charge in [-0.25, -0.2) is 0 Å². The summed E-state index contributed by atoms with van der Waals surface area (Å²) >= 11 is 5.42. The lowest BCUT2D eigenvalue weighted by Gasteiger charge is -2.06. The van der Waals surface area contributed by atoms with E-state index in [1.807, 2.05) is 31.2 Å². The van der Waals surface area contributed by atoms with Crippen molar-refractivity contribution in [1.29, 1.82) is 0 Å². The van der Waals surface area contributed by atoms with Crippen LogP contribution in [-0.2, 0) is 6.54 Å². The first kappa shape index (κ1) is 12.1. The Bertz CT molecular complexity index is 799. The van der Waals surface area contributed by atoms with Crippen LogP contribution in [0, 0.1) is 18.6 Å². The first-order valence-corrected chi connectivity index (χ1v) is 6.66. The van der Waals surface area contributed by atoms with Crippen LogP contribution in [0.3, 0.4) is 0 Å². The maximum absolute atomic E-state index is 5.42. The van der Waals surface area contributed by atoms with Crippen molar-refractivity contribution < 1.29 is 0 Å². The lowest BCUT2D eigenvalue weighted by atomic mass is 10.2. The van der Waals surface area contributed by atoms with Crippen LogP contribution in [0.1, 0.15) is 17.0 Å². The molecule has 0 bridgehead atoms. The van der Waals surface area contributed by atoms with Crippen molar-refractivity contribution in [1.82, 2.24) is 14.5 Å². The monoisotopic (exact) mass is 269 g/mol. The Hall–Kier alpha value is -1.94. The summed E-state index contributed by atoms with van der Waals surface area (Å²) in [5.74, 6) is 0. The van der Waals surface area contributed by atoms with Crippen LogP contribution in [0.4, 0.5) is 0 Å². The first-order valence-electron chi connectivity index (χ1n) is 6.26. The minimum atomic E-state index is 0.700. The van der Waals surface area contributed by atoms with Gasteiger partial charge in [-0.2, -0.15) is 0 Å². The maximum atomic E-state index is 5.42. The van der Waals surface area contributed by atoms with Gasteiger partial charge in [-0.15, -0.1) is 0 Å². The van der Waals surface area contributed by atoms with E-state index >= 15 is 0 Å². The SMILES string of the molecule is Cc1cccc(Cn2c(=S)[nH]c3cccc(C)c32)n1. The van der Waals surface area contributed by atoms with Crippen molar-refractivity contribution in [2.75, 3.05) is 0 Å². The molecule has 19 heavy (non-hydrogen) atoms. The van der Waals surface area contributed by atoms with Crippen molar-refractivity contribution in [3.05, 3.63) is 58.1 Å². The molecule has 2 aromatic heterocycles. The Morgan fingerprint density at radius 1 is 1.16 bits per heavy atom. The largest absolute Gasteiger partial charge is 0.331 e. The number of aromatic nitrogens is 3. The number of aryl methyl sites for hydroxylation is 2. The molecule has 3 nitrogen and oxygen atoms in total. The van der Waals surface area contributed by atoms with Gasteiger partial charge in [-0.1, -0.05) is 18.2 Å². The third kappa shape index (κ3) is 2.19. The molecule has 0 fully saturated rings. The molecule has 0 spiro atoms. The van der Waals surface area contributed by atoms with Gasteiger partial charge in [0.15, 0.2) is 4.77 Å². The zero-order valence-electron chi connectivity index (χ0n) is 11.0. The fourth-order valence-electron chi connectivity index (χ4n) is 2.40. The zero-order valence-corrected chi connectivity index (χ0v) is 11.8. The zero-order chi connectivity index (χ0) is 13.4. The lowest BCUT2D eigenvalue weighted by molar-refractivity contribution is 0.779. The van der Waals surface area contributed by atoms with Crippen LogP contribution in [0.2, 0.25) is 0 Å². The number of pyridine rings is 1. The van der Waals surface area contributed by atoms with Gasteiger partial charge in [-0.05, 0) is 49.8 Å². The molecule has 2 heterocycles. The van der Waals surface area contributed by atoms with Crippen LogP contribution < -0.4 is 0 Å². The van der Waals surface area contributed by atoms with Crippen LogP contribution in [-0.4, -0.2) is 14.5 Å². The van der Waals surface area contributed by atoms with E-state index in [-0.39, 0.29) is 0 Å². The van der Waals surface area contributed by atoms with E-state index in [1.165, 1.54) is 5.56 Å². The summed E-state index contributed by atoms with van der Waals surface area (Å²) in [6, 6.07) is 12.3. The van der Waals surface area contributed by atoms with Gasteiger partial charge in [0, 0.05) is 5.69 Å². The molecular formula is C15H15N3S. The number of H-pyrrole nitrogens is 1. The summed E-state index contributed by atoms with van der Waals surface area (Å²) in [7, 11) is 0. The number of nitrogens with zero attached hydrogens (tertiary/aromatic N) is 2. The fourth-order valence-corrected chi connectivity index (χ4v) is 2.67. The van der Waals surface area contributed by atoms with Gasteiger partial charge in [0.25, 0.3) is 0 Å². The minimum absolute atomic E-state index is 0.700. The summed E-state index contributed by atoms with van der Waals surface area (Å²) in [6.07, 6.45) is 0. The van der Waals surface area contributed by atoms with Crippen molar-refractivity contribution in [3.8, 4) is 0 Å². The molecule has 0 aliphatic carbocycles. The molecule has 0 unspecified atom stereocenters. The topological polar surface area (TPSA) is 33.6 Å². The molecule has 0 saturated carbocycles. The number of para-hydroxylation sites is 1. The molecule has 0 saturated heterocycles. The van der Waals surface area contributed by atoms with Crippen LogP contribution in [0.15, 0.2) is 36.4 Å². The molecule has 1 N–H and O–H groups in total. The van der Waals surface area contributed by atoms with Crippen LogP contribution in [0.5, 0.6) is 0 Å². The van der Waals surface area contributed by atoms with Gasteiger partial charge in [0.1, 0.15) is 0 Å². The van der Waals surface area contributed by atoms with Crippen molar-refractivity contribution in [2.24, 2.45) is 0 Å². The van der Waals surface area contributed by atoms with E-state index in [2.05, 4.69) is 33.6 Å². The summed E-state index contributed by atoms with van der Waals surface area (Å²) < 4.78 is 2.86. The molecule has 0 aliphatic heterocycles. The summed E-state index contributed by atoms with van der Waals surface area (Å²) in [4.78, 5) is 7.80. The highest BCUT2D eigenvalue weighted by atomic mass is 32.1. The molecule has 0 amide bonds. The highest BCUT2D eigenvalue weighted by molar-refractivity contribution is 7.71. The Kier molecular flexibility index (Phi) is 2.95. The lowest BCUT2D eigenvalue weighted by Crippen LogP contribution is -2.03. The second kappa shape index (κ2) is 4.63. The summed E-state index contributed by atoms with van der Waals surface area (Å²) in [6.45, 7) is 4.81. The first-order chi connectivity index (χ1) is 9.15. The fraction of sp³-hybridized carbons (Fsp3) is 0.200. The second-order valence-corrected chi connectivity index (χ2v) is 5.14.